The summed E-state index contributed by atoms with van der Waals surface area (Å²) in [6, 6.07) is 4.75. The first-order valence-electron chi connectivity index (χ1n) is 6.75. The largest absolute Gasteiger partial charge is 0.317 e. The Bertz CT molecular complexity index is 607. The third-order valence-corrected chi connectivity index (χ3v) is 3.70. The second-order valence-corrected chi connectivity index (χ2v) is 5.17. The van der Waals surface area contributed by atoms with E-state index in [1.54, 1.807) is 16.8 Å². The third-order valence-electron chi connectivity index (χ3n) is 3.39. The van der Waals surface area contributed by atoms with E-state index >= 15 is 0 Å². The highest BCUT2D eigenvalue weighted by molar-refractivity contribution is 6.30. The first kappa shape index (κ1) is 15.0. The monoisotopic (exact) mass is 295 g/mol. The molecule has 0 spiro atoms. The molecule has 1 heterocycles. The van der Waals surface area contributed by atoms with Crippen molar-refractivity contribution in [3.8, 4) is 5.69 Å². The van der Waals surface area contributed by atoms with Crippen LogP contribution >= 0.6 is 11.6 Å². The molecule has 108 valence electrons. The van der Waals surface area contributed by atoms with Gasteiger partial charge in [-0.25, -0.2) is 9.07 Å². The maximum absolute atomic E-state index is 13.6. The van der Waals surface area contributed by atoms with E-state index < -0.39 is 5.82 Å². The van der Waals surface area contributed by atoms with Gasteiger partial charge in [-0.3, -0.25) is 0 Å². The minimum absolute atomic E-state index is 0.127. The van der Waals surface area contributed by atoms with Crippen LogP contribution in [0.3, 0.4) is 0 Å². The average Bonchev–Trinajstić information content (AvgIpc) is 2.70. The van der Waals surface area contributed by atoms with Crippen LogP contribution < -0.4 is 5.32 Å². The van der Waals surface area contributed by atoms with Crippen LogP contribution in [0.25, 0.3) is 5.69 Å². The van der Waals surface area contributed by atoms with Crippen LogP contribution in [0, 0.1) is 19.7 Å². The second-order valence-electron chi connectivity index (χ2n) is 4.76. The number of nitrogens with one attached hydrogen (secondary N) is 1. The van der Waals surface area contributed by atoms with Crippen molar-refractivity contribution in [3.05, 3.63) is 46.0 Å². The lowest BCUT2D eigenvalue weighted by atomic mass is 10.1. The summed E-state index contributed by atoms with van der Waals surface area (Å²) in [5, 5.41) is 7.94. The lowest BCUT2D eigenvalue weighted by Gasteiger charge is -2.06. The standard InChI is InChI=1S/C15H19ClFN3/c1-4-18-8-7-13-10(2)19-20(11(13)3)12-5-6-14(16)15(17)9-12/h5-6,9,18H,4,7-8H2,1-3H3. The Morgan fingerprint density at radius 3 is 2.75 bits per heavy atom. The van der Waals surface area contributed by atoms with Gasteiger partial charge in [0, 0.05) is 11.8 Å². The summed E-state index contributed by atoms with van der Waals surface area (Å²) in [4.78, 5) is 0. The number of aromatic nitrogens is 2. The van der Waals surface area contributed by atoms with Crippen molar-refractivity contribution >= 4 is 11.6 Å². The molecule has 0 aliphatic carbocycles. The zero-order chi connectivity index (χ0) is 14.7. The Morgan fingerprint density at radius 1 is 1.35 bits per heavy atom. The Kier molecular flexibility index (Phi) is 4.78. The summed E-state index contributed by atoms with van der Waals surface area (Å²) in [7, 11) is 0. The molecule has 20 heavy (non-hydrogen) atoms. The van der Waals surface area contributed by atoms with Crippen molar-refractivity contribution in [2.45, 2.75) is 27.2 Å². The summed E-state index contributed by atoms with van der Waals surface area (Å²) in [5.74, 6) is -0.425. The van der Waals surface area contributed by atoms with Crippen molar-refractivity contribution in [2.24, 2.45) is 0 Å². The first-order valence-corrected chi connectivity index (χ1v) is 7.13. The molecule has 1 N–H and O–H groups in total. The number of hydrogen-bond donors (Lipinski definition) is 1. The van der Waals surface area contributed by atoms with Gasteiger partial charge in [0.25, 0.3) is 0 Å². The molecule has 0 saturated carbocycles. The Labute approximate surface area is 123 Å². The van der Waals surface area contributed by atoms with Crippen LogP contribution in [0.2, 0.25) is 5.02 Å². The maximum Gasteiger partial charge on any atom is 0.143 e. The van der Waals surface area contributed by atoms with Gasteiger partial charge in [-0.2, -0.15) is 5.10 Å². The van der Waals surface area contributed by atoms with Gasteiger partial charge in [0.1, 0.15) is 5.82 Å². The van der Waals surface area contributed by atoms with Gasteiger partial charge >= 0.3 is 0 Å². The number of benzene rings is 1. The zero-order valence-corrected chi connectivity index (χ0v) is 12.8. The Balaban J connectivity index is 2.33. The smallest absolute Gasteiger partial charge is 0.143 e. The Hall–Kier alpha value is -1.39. The van der Waals surface area contributed by atoms with E-state index in [1.807, 2.05) is 13.8 Å². The van der Waals surface area contributed by atoms with Gasteiger partial charge in [-0.15, -0.1) is 0 Å². The average molecular weight is 296 g/mol. The molecule has 0 unspecified atom stereocenters. The fourth-order valence-corrected chi connectivity index (χ4v) is 2.41. The number of rotatable bonds is 5. The van der Waals surface area contributed by atoms with E-state index in [1.165, 1.54) is 11.6 Å². The molecule has 2 aromatic rings. The number of hydrogen-bond acceptors (Lipinski definition) is 2. The molecule has 0 atom stereocenters. The molecule has 0 radical (unpaired) electrons. The molecule has 3 nitrogen and oxygen atoms in total. The lowest BCUT2D eigenvalue weighted by Crippen LogP contribution is -2.16. The van der Waals surface area contributed by atoms with E-state index in [0.29, 0.717) is 5.69 Å². The van der Waals surface area contributed by atoms with Gasteiger partial charge < -0.3 is 5.32 Å². The van der Waals surface area contributed by atoms with E-state index in [-0.39, 0.29) is 5.02 Å². The number of halogens is 2. The molecule has 1 aromatic heterocycles. The molecular weight excluding hydrogens is 277 g/mol. The van der Waals surface area contributed by atoms with Crippen molar-refractivity contribution in [1.82, 2.24) is 15.1 Å². The lowest BCUT2D eigenvalue weighted by molar-refractivity contribution is 0.625. The van der Waals surface area contributed by atoms with Crippen LogP contribution in [0.15, 0.2) is 18.2 Å². The summed E-state index contributed by atoms with van der Waals surface area (Å²) in [6.07, 6.45) is 0.918. The summed E-state index contributed by atoms with van der Waals surface area (Å²) in [6.45, 7) is 7.94. The summed E-state index contributed by atoms with van der Waals surface area (Å²) >= 11 is 5.72. The molecule has 5 heteroatoms. The number of nitrogens with zero attached hydrogens (tertiary/aromatic N) is 2. The van der Waals surface area contributed by atoms with Crippen molar-refractivity contribution in [3.63, 3.8) is 0 Å². The number of likely N-dealkylation sites (N-methyl/N-ethyl adjacent to an activating group) is 1. The van der Waals surface area contributed by atoms with E-state index in [2.05, 4.69) is 17.3 Å². The van der Waals surface area contributed by atoms with Crippen LogP contribution in [-0.4, -0.2) is 22.9 Å². The van der Waals surface area contributed by atoms with Crippen molar-refractivity contribution < 1.29 is 4.39 Å². The van der Waals surface area contributed by atoms with E-state index in [0.717, 1.165) is 30.9 Å². The SMILES string of the molecule is CCNCCc1c(C)nn(-c2ccc(Cl)c(F)c2)c1C. The molecule has 0 aliphatic heterocycles. The topological polar surface area (TPSA) is 29.9 Å². The molecule has 1 aromatic carbocycles. The molecule has 0 aliphatic rings. The fourth-order valence-electron chi connectivity index (χ4n) is 2.30. The van der Waals surface area contributed by atoms with Gasteiger partial charge in [0.05, 0.1) is 16.4 Å². The molecule has 0 fully saturated rings. The quantitative estimate of drug-likeness (QED) is 0.857. The van der Waals surface area contributed by atoms with Gasteiger partial charge in [0.2, 0.25) is 0 Å². The zero-order valence-electron chi connectivity index (χ0n) is 12.0. The predicted molar refractivity (Wildman–Crippen MR) is 80.3 cm³/mol. The Morgan fingerprint density at radius 2 is 2.10 bits per heavy atom. The minimum Gasteiger partial charge on any atom is -0.317 e. The third kappa shape index (κ3) is 3.02. The van der Waals surface area contributed by atoms with Crippen LogP contribution in [0.5, 0.6) is 0 Å². The van der Waals surface area contributed by atoms with E-state index in [4.69, 9.17) is 11.6 Å². The van der Waals surface area contributed by atoms with Crippen molar-refractivity contribution in [1.29, 1.82) is 0 Å². The summed E-state index contributed by atoms with van der Waals surface area (Å²) in [5.41, 5.74) is 3.93. The van der Waals surface area contributed by atoms with Gasteiger partial charge in [-0.1, -0.05) is 18.5 Å². The predicted octanol–water partition coefficient (Wildman–Crippen LogP) is 3.43. The highest BCUT2D eigenvalue weighted by Gasteiger charge is 2.13. The number of aryl methyl sites for hydroxylation is 1. The fraction of sp³-hybridized carbons (Fsp3) is 0.400. The highest BCUT2D eigenvalue weighted by Crippen LogP contribution is 2.22. The van der Waals surface area contributed by atoms with E-state index in [9.17, 15) is 4.39 Å². The molecule has 2 rings (SSSR count). The van der Waals surface area contributed by atoms with Crippen LogP contribution in [0.1, 0.15) is 23.9 Å². The minimum atomic E-state index is -0.425. The first-order chi connectivity index (χ1) is 9.54. The van der Waals surface area contributed by atoms with Gasteiger partial charge in [0.15, 0.2) is 0 Å². The molecule has 0 bridgehead atoms. The van der Waals surface area contributed by atoms with Crippen LogP contribution in [-0.2, 0) is 6.42 Å². The maximum atomic E-state index is 13.6. The molecular formula is C15H19ClFN3. The molecule has 0 amide bonds. The second kappa shape index (κ2) is 6.37. The van der Waals surface area contributed by atoms with Gasteiger partial charge in [-0.05, 0) is 51.1 Å². The summed E-state index contributed by atoms with van der Waals surface area (Å²) < 4.78 is 15.3. The van der Waals surface area contributed by atoms with Crippen molar-refractivity contribution in [2.75, 3.05) is 13.1 Å². The van der Waals surface area contributed by atoms with Crippen LogP contribution in [0.4, 0.5) is 4.39 Å². The molecule has 0 saturated heterocycles. The highest BCUT2D eigenvalue weighted by atomic mass is 35.5. The normalized spacial score (nSPS) is 11.1.